The quantitative estimate of drug-likeness (QED) is 0.302. The van der Waals surface area contributed by atoms with Crippen LogP contribution in [0.4, 0.5) is 0 Å². The summed E-state index contributed by atoms with van der Waals surface area (Å²) in [4.78, 5) is 17.9. The first-order valence-electron chi connectivity index (χ1n) is 0.859. The third kappa shape index (κ3) is 9.35. The molecule has 4 nitrogen and oxygen atoms in total. The molecule has 0 fully saturated rings. The average Bonchev–Trinajstić information content (AvgIpc) is 1.38. The second-order valence-corrected chi connectivity index (χ2v) is 1.17. The first-order valence-corrected chi connectivity index (χ1v) is 2.11. The van der Waals surface area contributed by atoms with Gasteiger partial charge in [-0.1, -0.05) is 4.57 Å². The molecule has 5 heteroatoms. The van der Waals surface area contributed by atoms with Crippen molar-refractivity contribution >= 4 is 14.1 Å². The van der Waals surface area contributed by atoms with Gasteiger partial charge in [0.15, 0.2) is 0 Å². The van der Waals surface area contributed by atoms with Crippen molar-refractivity contribution < 1.29 is 19.7 Å². The van der Waals surface area contributed by atoms with Crippen LogP contribution in [0.5, 0.6) is 0 Å². The van der Waals surface area contributed by atoms with E-state index in [1.54, 1.807) is 0 Å². The molecule has 1 unspecified atom stereocenters. The lowest BCUT2D eigenvalue weighted by Crippen LogP contribution is -1.82. The van der Waals surface area contributed by atoms with Crippen molar-refractivity contribution in [2.45, 2.75) is 0 Å². The summed E-state index contributed by atoms with van der Waals surface area (Å²) in [7, 11) is -2.78. The number of carbonyl (C=O) groups excluding carboxylic acids is 1. The lowest BCUT2D eigenvalue weighted by molar-refractivity contribution is -0.159. The van der Waals surface area contributed by atoms with Crippen LogP contribution < -0.4 is 4.89 Å². The zero-order valence-electron chi connectivity index (χ0n) is 2.75. The molecule has 0 heterocycles. The molecule has 0 amide bonds. The van der Waals surface area contributed by atoms with E-state index in [0.29, 0.717) is 0 Å². The third-order valence-electron chi connectivity index (χ3n) is 0.0861. The van der Waals surface area contributed by atoms with Crippen LogP contribution in [0.3, 0.4) is 0 Å². The number of hydrogen-bond donors (Lipinski definition) is 0. The minimum absolute atomic E-state index is 0. The van der Waals surface area contributed by atoms with Crippen molar-refractivity contribution in [1.82, 2.24) is 0 Å². The van der Waals surface area contributed by atoms with E-state index in [0.717, 1.165) is 0 Å². The van der Waals surface area contributed by atoms with E-state index >= 15 is 0 Å². The van der Waals surface area contributed by atoms with Gasteiger partial charge < -0.3 is 10.4 Å². The molecule has 0 aromatic heterocycles. The molecular formula is CH3O4P. The van der Waals surface area contributed by atoms with Crippen molar-refractivity contribution in [2.75, 3.05) is 0 Å². The highest BCUT2D eigenvalue weighted by atomic mass is 31.1. The summed E-state index contributed by atoms with van der Waals surface area (Å²) in [6, 6.07) is -0.130. The Morgan fingerprint density at radius 1 is 1.67 bits per heavy atom. The summed E-state index contributed by atoms with van der Waals surface area (Å²) in [5.74, 6) is 0. The van der Waals surface area contributed by atoms with Gasteiger partial charge in [0, 0.05) is 0 Å². The maximum atomic E-state index is 9.04. The normalized spacial score (nSPS) is 8.50. The third-order valence-corrected chi connectivity index (χ3v) is 0.258. The lowest BCUT2D eigenvalue weighted by atomic mass is 11.8. The van der Waals surface area contributed by atoms with E-state index in [2.05, 4.69) is 0 Å². The lowest BCUT2D eigenvalue weighted by Gasteiger charge is -1.59. The molecule has 1 atom stereocenters. The zero-order chi connectivity index (χ0) is 4.28. The first kappa shape index (κ1) is 9.19. The molecule has 0 saturated carbocycles. The van der Waals surface area contributed by atoms with Crippen LogP contribution in [-0.4, -0.2) is 11.5 Å². The topological polar surface area (TPSA) is 88.7 Å². The van der Waals surface area contributed by atoms with Crippen molar-refractivity contribution in [3.8, 4) is 0 Å². The van der Waals surface area contributed by atoms with Gasteiger partial charge in [-0.15, -0.1) is 0 Å². The predicted octanol–water partition coefficient (Wildman–Crippen LogP) is -1.55. The van der Waals surface area contributed by atoms with Gasteiger partial charge in [-0.25, -0.2) is 4.79 Å². The molecule has 0 spiro atoms. The van der Waals surface area contributed by atoms with Gasteiger partial charge in [0.05, 0.1) is 0 Å². The Balaban J connectivity index is 0. The standard InChI is InChI=1S/CHO3P.H2O/c2-1-5(3)4;/h1H;1H2. The van der Waals surface area contributed by atoms with E-state index in [1.807, 2.05) is 0 Å². The summed E-state index contributed by atoms with van der Waals surface area (Å²) >= 11 is 0. The van der Waals surface area contributed by atoms with Crippen LogP contribution in [0.15, 0.2) is 0 Å². The molecule has 0 aliphatic heterocycles. The summed E-state index contributed by atoms with van der Waals surface area (Å²) < 4.78 is 9.04. The SMILES string of the molecule is O.O=C[P+](=O)[O-]. The van der Waals surface area contributed by atoms with Gasteiger partial charge in [-0.2, -0.15) is 0 Å². The highest BCUT2D eigenvalue weighted by Gasteiger charge is 1.85. The number of rotatable bonds is 1. The van der Waals surface area contributed by atoms with Gasteiger partial charge in [-0.3, -0.25) is 0 Å². The summed E-state index contributed by atoms with van der Waals surface area (Å²) in [6.07, 6.45) is 0. The zero-order valence-corrected chi connectivity index (χ0v) is 3.64. The van der Waals surface area contributed by atoms with E-state index in [9.17, 15) is 0 Å². The monoisotopic (exact) mass is 110 g/mol. The number of hydrogen-bond acceptors (Lipinski definition) is 3. The molecule has 0 aliphatic carbocycles. The second-order valence-electron chi connectivity index (χ2n) is 0.391. The first-order chi connectivity index (χ1) is 2.27. The van der Waals surface area contributed by atoms with E-state index < -0.39 is 8.03 Å². The molecule has 36 valence electrons. The van der Waals surface area contributed by atoms with Crippen LogP contribution in [-0.2, 0) is 9.36 Å². The van der Waals surface area contributed by atoms with Gasteiger partial charge in [-0.05, 0) is 0 Å². The molecule has 0 rings (SSSR count). The molecule has 0 aromatic carbocycles. The molecule has 0 aromatic rings. The van der Waals surface area contributed by atoms with Crippen molar-refractivity contribution in [1.29, 1.82) is 0 Å². The van der Waals surface area contributed by atoms with E-state index in [4.69, 9.17) is 14.3 Å². The fraction of sp³-hybridized carbons (Fsp3) is 0. The second kappa shape index (κ2) is 4.69. The molecule has 6 heavy (non-hydrogen) atoms. The molecule has 2 N–H and O–H groups in total. The summed E-state index contributed by atoms with van der Waals surface area (Å²) in [5, 5.41) is 0. The Hall–Kier alpha value is -0.310. The van der Waals surface area contributed by atoms with Gasteiger partial charge in [0.2, 0.25) is 0 Å². The average molecular weight is 110 g/mol. The fourth-order valence-corrected chi connectivity index (χ4v) is 0. The van der Waals surface area contributed by atoms with E-state index in [1.165, 1.54) is 0 Å². The highest BCUT2D eigenvalue weighted by Crippen LogP contribution is 1.93. The minimum atomic E-state index is -2.78. The summed E-state index contributed by atoms with van der Waals surface area (Å²) in [6.45, 7) is 0. The smallest absolute Gasteiger partial charge is 0.384 e. The van der Waals surface area contributed by atoms with Crippen molar-refractivity contribution in [3.05, 3.63) is 0 Å². The van der Waals surface area contributed by atoms with Crippen molar-refractivity contribution in [2.24, 2.45) is 0 Å². The maximum Gasteiger partial charge on any atom is 0.384 e. The highest BCUT2D eigenvalue weighted by molar-refractivity contribution is 7.53. The van der Waals surface area contributed by atoms with Gasteiger partial charge in [0.25, 0.3) is 0 Å². The Morgan fingerprint density at radius 2 is 1.83 bits per heavy atom. The maximum absolute atomic E-state index is 9.04. The summed E-state index contributed by atoms with van der Waals surface area (Å²) in [5.41, 5.74) is 0. The molecule has 0 aliphatic rings. The van der Waals surface area contributed by atoms with Crippen LogP contribution >= 0.6 is 8.03 Å². The Morgan fingerprint density at radius 3 is 1.83 bits per heavy atom. The van der Waals surface area contributed by atoms with Gasteiger partial charge >= 0.3 is 14.1 Å². The van der Waals surface area contributed by atoms with Crippen molar-refractivity contribution in [3.63, 3.8) is 0 Å². The molecule has 0 bridgehead atoms. The predicted molar refractivity (Wildman–Crippen MR) is 18.0 cm³/mol. The fourth-order valence-electron chi connectivity index (χ4n) is 0. The van der Waals surface area contributed by atoms with Gasteiger partial charge in [0.1, 0.15) is 0 Å². The largest absolute Gasteiger partial charge is 0.589 e. The minimum Gasteiger partial charge on any atom is -0.589 e. The number of carbonyl (C=O) groups is 1. The van der Waals surface area contributed by atoms with Crippen LogP contribution in [0.25, 0.3) is 0 Å². The molecule has 0 saturated heterocycles. The van der Waals surface area contributed by atoms with Crippen LogP contribution in [0.1, 0.15) is 0 Å². The molecule has 0 radical (unpaired) electrons. The molecular weight excluding hydrogens is 107 g/mol. The Labute approximate surface area is 35.0 Å². The van der Waals surface area contributed by atoms with E-state index in [-0.39, 0.29) is 11.5 Å². The van der Waals surface area contributed by atoms with Crippen LogP contribution in [0.2, 0.25) is 0 Å². The van der Waals surface area contributed by atoms with Crippen LogP contribution in [0, 0.1) is 0 Å². The Kier molecular flexibility index (Phi) is 7.19. The Bertz CT molecular complexity index is 58.6.